The summed E-state index contributed by atoms with van der Waals surface area (Å²) in [6.45, 7) is 11.4. The Hall–Kier alpha value is -3.17. The van der Waals surface area contributed by atoms with Crippen molar-refractivity contribution in [1.29, 1.82) is 0 Å². The van der Waals surface area contributed by atoms with Crippen LogP contribution in [0.1, 0.15) is 47.1 Å². The molecule has 0 aliphatic rings. The fourth-order valence-electron chi connectivity index (χ4n) is 1.92. The van der Waals surface area contributed by atoms with Crippen LogP contribution in [-0.2, 0) is 19.1 Å². The number of hydrogen-bond donors (Lipinski definition) is 2. The summed E-state index contributed by atoms with van der Waals surface area (Å²) >= 11 is 0. The first-order valence-electron chi connectivity index (χ1n) is 8.38. The highest BCUT2D eigenvalue weighted by Crippen LogP contribution is 2.25. The van der Waals surface area contributed by atoms with Gasteiger partial charge in [0.05, 0.1) is 11.9 Å². The number of aliphatic carboxylic acids is 1. The third kappa shape index (κ3) is 6.86. The Labute approximate surface area is 162 Å². The normalized spacial score (nSPS) is 11.4. The van der Waals surface area contributed by atoms with E-state index >= 15 is 0 Å². The Kier molecular flexibility index (Phi) is 6.73. The largest absolute Gasteiger partial charge is 0.474 e. The quantitative estimate of drug-likeness (QED) is 0.729. The molecule has 0 atom stereocenters. The van der Waals surface area contributed by atoms with E-state index in [1.54, 1.807) is 41.5 Å². The maximum absolute atomic E-state index is 12.6. The van der Waals surface area contributed by atoms with Crippen LogP contribution in [0.2, 0.25) is 0 Å². The number of pyridine rings is 1. The molecule has 10 heteroatoms. The minimum absolute atomic E-state index is 0.0724. The van der Waals surface area contributed by atoms with Gasteiger partial charge in [-0.25, -0.2) is 19.4 Å². The van der Waals surface area contributed by atoms with Gasteiger partial charge in [0.25, 0.3) is 0 Å². The maximum Gasteiger partial charge on any atom is 0.425 e. The number of carbonyl (C=O) groups excluding carboxylic acids is 3. The molecule has 2 N–H and O–H groups in total. The molecular formula is C18H25N3O7. The molecule has 0 aliphatic heterocycles. The second kappa shape index (κ2) is 8.24. The zero-order valence-corrected chi connectivity index (χ0v) is 16.9. The molecule has 1 aromatic heterocycles. The Morgan fingerprint density at radius 2 is 1.46 bits per heavy atom. The van der Waals surface area contributed by atoms with Crippen molar-refractivity contribution in [2.75, 3.05) is 10.2 Å². The van der Waals surface area contributed by atoms with E-state index in [9.17, 15) is 19.2 Å². The van der Waals surface area contributed by atoms with E-state index < -0.39 is 35.3 Å². The third-order valence-corrected chi connectivity index (χ3v) is 2.87. The molecule has 1 aromatic rings. The van der Waals surface area contributed by atoms with Gasteiger partial charge in [-0.05, 0) is 60.1 Å². The number of rotatable bonds is 2. The monoisotopic (exact) mass is 395 g/mol. The Balaban J connectivity index is 3.29. The molecule has 0 aliphatic carbocycles. The second-order valence-corrected chi connectivity index (χ2v) is 7.92. The summed E-state index contributed by atoms with van der Waals surface area (Å²) in [5.74, 6) is -2.98. The first-order chi connectivity index (χ1) is 12.6. The zero-order chi connectivity index (χ0) is 21.9. The summed E-state index contributed by atoms with van der Waals surface area (Å²) in [7, 11) is 0. The lowest BCUT2D eigenvalue weighted by Crippen LogP contribution is -2.44. The van der Waals surface area contributed by atoms with E-state index in [1.807, 2.05) is 0 Å². The molecule has 0 bridgehead atoms. The Bertz CT molecular complexity index is 763. The Morgan fingerprint density at radius 3 is 1.82 bits per heavy atom. The van der Waals surface area contributed by atoms with E-state index in [4.69, 9.17) is 14.6 Å². The first-order valence-corrected chi connectivity index (χ1v) is 8.38. The molecule has 10 nitrogen and oxygen atoms in total. The molecule has 0 aromatic carbocycles. The fourth-order valence-corrected chi connectivity index (χ4v) is 1.92. The van der Waals surface area contributed by atoms with Gasteiger partial charge in [0.2, 0.25) is 0 Å². The average Bonchev–Trinajstić information content (AvgIpc) is 2.45. The highest BCUT2D eigenvalue weighted by Gasteiger charge is 2.34. The maximum atomic E-state index is 12.6. The van der Waals surface area contributed by atoms with E-state index in [-0.39, 0.29) is 11.5 Å². The van der Waals surface area contributed by atoms with Crippen LogP contribution < -0.4 is 10.2 Å². The molecule has 0 saturated heterocycles. The lowest BCUT2D eigenvalue weighted by molar-refractivity contribution is -0.147. The molecule has 0 saturated carbocycles. The van der Waals surface area contributed by atoms with E-state index in [1.165, 1.54) is 13.0 Å². The van der Waals surface area contributed by atoms with Crippen LogP contribution >= 0.6 is 0 Å². The summed E-state index contributed by atoms with van der Waals surface area (Å²) in [6.07, 6.45) is -0.857. The number of anilines is 2. The molecule has 0 radical (unpaired) electrons. The lowest BCUT2D eigenvalue weighted by Gasteiger charge is -2.28. The van der Waals surface area contributed by atoms with Gasteiger partial charge in [0.1, 0.15) is 11.2 Å². The standard InChI is InChI=1S/C18H25N3O7/c1-10-8-11(20-13(22)14(23)24)9-19-12(10)21(15(25)27-17(2,3)4)16(26)28-18(5,6)7/h8-9H,1-7H3,(H,20,22)(H,23,24). The van der Waals surface area contributed by atoms with Gasteiger partial charge in [0.15, 0.2) is 5.82 Å². The number of hydrogen-bond acceptors (Lipinski definition) is 7. The number of amides is 3. The van der Waals surface area contributed by atoms with Crippen LogP contribution in [0.4, 0.5) is 21.1 Å². The van der Waals surface area contributed by atoms with E-state index in [0.29, 0.717) is 10.5 Å². The van der Waals surface area contributed by atoms with Crippen molar-refractivity contribution in [2.45, 2.75) is 59.7 Å². The van der Waals surface area contributed by atoms with Crippen molar-refractivity contribution in [3.63, 3.8) is 0 Å². The number of ether oxygens (including phenoxy) is 2. The first kappa shape index (κ1) is 22.9. The second-order valence-electron chi connectivity index (χ2n) is 7.92. The van der Waals surface area contributed by atoms with Crippen molar-refractivity contribution in [1.82, 2.24) is 4.98 Å². The van der Waals surface area contributed by atoms with Gasteiger partial charge in [0, 0.05) is 0 Å². The minimum Gasteiger partial charge on any atom is -0.474 e. The number of nitrogens with zero attached hydrogens (tertiary/aromatic N) is 2. The van der Waals surface area contributed by atoms with Crippen molar-refractivity contribution in [2.24, 2.45) is 0 Å². The van der Waals surface area contributed by atoms with E-state index in [0.717, 1.165) is 6.20 Å². The molecular weight excluding hydrogens is 370 g/mol. The molecule has 1 heterocycles. The molecule has 154 valence electrons. The summed E-state index contributed by atoms with van der Waals surface area (Å²) in [5, 5.41) is 10.8. The SMILES string of the molecule is Cc1cc(NC(=O)C(=O)O)cnc1N(C(=O)OC(C)(C)C)C(=O)OC(C)(C)C. The van der Waals surface area contributed by atoms with Crippen LogP contribution in [0.25, 0.3) is 0 Å². The summed E-state index contributed by atoms with van der Waals surface area (Å²) in [6, 6.07) is 1.37. The van der Waals surface area contributed by atoms with Crippen molar-refractivity contribution in [3.8, 4) is 0 Å². The number of carbonyl (C=O) groups is 4. The number of carboxylic acid groups (broad SMARTS) is 1. The van der Waals surface area contributed by atoms with Crippen LogP contribution in [0.5, 0.6) is 0 Å². The predicted octanol–water partition coefficient (Wildman–Crippen LogP) is 3.09. The molecule has 3 amide bonds. The van der Waals surface area contributed by atoms with Crippen LogP contribution in [0.15, 0.2) is 12.3 Å². The van der Waals surface area contributed by atoms with Crippen LogP contribution in [-0.4, -0.2) is 45.4 Å². The minimum atomic E-state index is -1.66. The number of aryl methyl sites for hydroxylation is 1. The number of aromatic nitrogens is 1. The Morgan fingerprint density at radius 1 is 1.00 bits per heavy atom. The van der Waals surface area contributed by atoms with Crippen molar-refractivity contribution < 1.29 is 33.8 Å². The third-order valence-electron chi connectivity index (χ3n) is 2.87. The highest BCUT2D eigenvalue weighted by molar-refractivity contribution is 6.36. The summed E-state index contributed by atoms with van der Waals surface area (Å²) < 4.78 is 10.5. The van der Waals surface area contributed by atoms with Gasteiger partial charge in [-0.1, -0.05) is 0 Å². The van der Waals surface area contributed by atoms with Gasteiger partial charge in [-0.3, -0.25) is 4.79 Å². The summed E-state index contributed by atoms with van der Waals surface area (Å²) in [4.78, 5) is 51.8. The van der Waals surface area contributed by atoms with Crippen LogP contribution in [0.3, 0.4) is 0 Å². The van der Waals surface area contributed by atoms with Gasteiger partial charge in [-0.15, -0.1) is 0 Å². The number of carboxylic acids is 1. The zero-order valence-electron chi connectivity index (χ0n) is 16.9. The highest BCUT2D eigenvalue weighted by atomic mass is 16.6. The fraction of sp³-hybridized carbons (Fsp3) is 0.500. The number of imide groups is 1. The van der Waals surface area contributed by atoms with Gasteiger partial charge in [-0.2, -0.15) is 4.90 Å². The van der Waals surface area contributed by atoms with Gasteiger partial charge < -0.3 is 19.9 Å². The van der Waals surface area contributed by atoms with Gasteiger partial charge >= 0.3 is 24.1 Å². The molecule has 28 heavy (non-hydrogen) atoms. The molecule has 1 rings (SSSR count). The number of nitrogens with one attached hydrogen (secondary N) is 1. The molecule has 0 unspecified atom stereocenters. The van der Waals surface area contributed by atoms with Crippen molar-refractivity contribution in [3.05, 3.63) is 17.8 Å². The molecule has 0 spiro atoms. The average molecular weight is 395 g/mol. The lowest BCUT2D eigenvalue weighted by atomic mass is 10.2. The smallest absolute Gasteiger partial charge is 0.425 e. The topological polar surface area (TPSA) is 135 Å². The predicted molar refractivity (Wildman–Crippen MR) is 100 cm³/mol. The summed E-state index contributed by atoms with van der Waals surface area (Å²) in [5.41, 5.74) is -1.36. The van der Waals surface area contributed by atoms with Crippen LogP contribution in [0, 0.1) is 6.92 Å². The van der Waals surface area contributed by atoms with E-state index in [2.05, 4.69) is 10.3 Å². The van der Waals surface area contributed by atoms with Crippen molar-refractivity contribution >= 4 is 35.6 Å². The molecule has 0 fully saturated rings.